The van der Waals surface area contributed by atoms with Gasteiger partial charge in [-0.3, -0.25) is 9.59 Å². The van der Waals surface area contributed by atoms with Crippen LogP contribution < -0.4 is 5.32 Å². The molecule has 0 saturated carbocycles. The average molecular weight is 191 g/mol. The van der Waals surface area contributed by atoms with Gasteiger partial charge < -0.3 is 5.32 Å². The van der Waals surface area contributed by atoms with Crippen molar-refractivity contribution in [3.05, 3.63) is 35.9 Å². The number of nitrogens with one attached hydrogen (secondary N) is 1. The minimum Gasteiger partial charge on any atom is -0.345 e. The molecule has 0 heterocycles. The van der Waals surface area contributed by atoms with Crippen molar-refractivity contribution in [2.75, 3.05) is 0 Å². The molecular formula is C11H13NO2. The third kappa shape index (κ3) is 3.01. The zero-order chi connectivity index (χ0) is 10.4. The molecule has 0 saturated heterocycles. The molecule has 0 radical (unpaired) electrons. The van der Waals surface area contributed by atoms with Crippen molar-refractivity contribution < 1.29 is 9.59 Å². The molecule has 0 spiro atoms. The SMILES string of the molecule is CCC(=O)C(=O)NCc1ccccc1. The molecule has 0 aliphatic rings. The van der Waals surface area contributed by atoms with Crippen LogP contribution in [0.1, 0.15) is 18.9 Å². The van der Waals surface area contributed by atoms with E-state index in [9.17, 15) is 9.59 Å². The van der Waals surface area contributed by atoms with Crippen molar-refractivity contribution in [3.63, 3.8) is 0 Å². The summed E-state index contributed by atoms with van der Waals surface area (Å²) in [4.78, 5) is 22.0. The molecule has 74 valence electrons. The summed E-state index contributed by atoms with van der Waals surface area (Å²) in [5, 5.41) is 2.56. The van der Waals surface area contributed by atoms with Gasteiger partial charge in [0.1, 0.15) is 0 Å². The second-order valence-electron chi connectivity index (χ2n) is 2.95. The number of amides is 1. The number of carbonyl (C=O) groups is 2. The van der Waals surface area contributed by atoms with Gasteiger partial charge in [-0.15, -0.1) is 0 Å². The number of hydrogen-bond acceptors (Lipinski definition) is 2. The van der Waals surface area contributed by atoms with E-state index in [1.807, 2.05) is 30.3 Å². The molecule has 1 aromatic rings. The minimum absolute atomic E-state index is 0.251. The van der Waals surface area contributed by atoms with E-state index in [0.717, 1.165) is 5.56 Å². The molecule has 14 heavy (non-hydrogen) atoms. The quantitative estimate of drug-likeness (QED) is 0.729. The van der Waals surface area contributed by atoms with Crippen LogP contribution in [0.5, 0.6) is 0 Å². The van der Waals surface area contributed by atoms with Crippen molar-refractivity contribution in [1.82, 2.24) is 5.32 Å². The smallest absolute Gasteiger partial charge is 0.287 e. The summed E-state index contributed by atoms with van der Waals surface area (Å²) in [5.41, 5.74) is 0.991. The first kappa shape index (κ1) is 10.4. The van der Waals surface area contributed by atoms with Gasteiger partial charge in [0.2, 0.25) is 5.78 Å². The maximum Gasteiger partial charge on any atom is 0.287 e. The van der Waals surface area contributed by atoms with Crippen LogP contribution in [0.25, 0.3) is 0 Å². The molecule has 3 heteroatoms. The molecule has 1 amide bonds. The molecule has 0 fully saturated rings. The van der Waals surface area contributed by atoms with Gasteiger partial charge >= 0.3 is 0 Å². The summed E-state index contributed by atoms with van der Waals surface area (Å²) < 4.78 is 0. The Morgan fingerprint density at radius 1 is 1.21 bits per heavy atom. The Morgan fingerprint density at radius 2 is 1.86 bits per heavy atom. The molecular weight excluding hydrogens is 178 g/mol. The van der Waals surface area contributed by atoms with E-state index in [2.05, 4.69) is 5.32 Å². The normalized spacial score (nSPS) is 9.50. The summed E-state index contributed by atoms with van der Waals surface area (Å²) in [6.45, 7) is 2.08. The highest BCUT2D eigenvalue weighted by Crippen LogP contribution is 1.97. The highest BCUT2D eigenvalue weighted by Gasteiger charge is 2.09. The van der Waals surface area contributed by atoms with Crippen LogP contribution >= 0.6 is 0 Å². The van der Waals surface area contributed by atoms with Crippen LogP contribution in [-0.4, -0.2) is 11.7 Å². The first-order valence-corrected chi connectivity index (χ1v) is 4.59. The van der Waals surface area contributed by atoms with E-state index >= 15 is 0 Å². The second kappa shape index (κ2) is 5.17. The Morgan fingerprint density at radius 3 is 2.43 bits per heavy atom. The van der Waals surface area contributed by atoms with Gasteiger partial charge in [0, 0.05) is 13.0 Å². The third-order valence-corrected chi connectivity index (χ3v) is 1.87. The second-order valence-corrected chi connectivity index (χ2v) is 2.95. The first-order valence-electron chi connectivity index (χ1n) is 4.59. The Labute approximate surface area is 83.1 Å². The standard InChI is InChI=1S/C11H13NO2/c1-2-10(13)11(14)12-8-9-6-4-3-5-7-9/h3-7H,2,8H2,1H3,(H,12,14). The molecule has 0 bridgehead atoms. The maximum absolute atomic E-state index is 11.1. The number of carbonyl (C=O) groups excluding carboxylic acids is 2. The molecule has 0 aliphatic carbocycles. The fraction of sp³-hybridized carbons (Fsp3) is 0.273. The monoisotopic (exact) mass is 191 g/mol. The predicted molar refractivity (Wildman–Crippen MR) is 53.6 cm³/mol. The van der Waals surface area contributed by atoms with Gasteiger partial charge in [-0.2, -0.15) is 0 Å². The number of hydrogen-bond donors (Lipinski definition) is 1. The lowest BCUT2D eigenvalue weighted by Crippen LogP contribution is -2.29. The molecule has 0 atom stereocenters. The van der Waals surface area contributed by atoms with Crippen molar-refractivity contribution >= 4 is 11.7 Å². The molecule has 1 aromatic carbocycles. The summed E-state index contributed by atoms with van der Waals surface area (Å²) in [5.74, 6) is -0.878. The van der Waals surface area contributed by atoms with Crippen molar-refractivity contribution in [2.24, 2.45) is 0 Å². The lowest BCUT2D eigenvalue weighted by Gasteiger charge is -2.02. The Balaban J connectivity index is 2.42. The topological polar surface area (TPSA) is 46.2 Å². The van der Waals surface area contributed by atoms with Crippen molar-refractivity contribution in [2.45, 2.75) is 19.9 Å². The Bertz CT molecular complexity index is 319. The van der Waals surface area contributed by atoms with Gasteiger partial charge in [0.25, 0.3) is 5.91 Å². The van der Waals surface area contributed by atoms with Crippen molar-refractivity contribution in [3.8, 4) is 0 Å². The third-order valence-electron chi connectivity index (χ3n) is 1.87. The van der Waals surface area contributed by atoms with E-state index < -0.39 is 5.91 Å². The van der Waals surface area contributed by atoms with Gasteiger partial charge in [-0.1, -0.05) is 37.3 Å². The van der Waals surface area contributed by atoms with E-state index in [-0.39, 0.29) is 12.2 Å². The van der Waals surface area contributed by atoms with E-state index in [4.69, 9.17) is 0 Å². The Hall–Kier alpha value is -1.64. The minimum atomic E-state index is -0.503. The molecule has 0 aromatic heterocycles. The zero-order valence-electron chi connectivity index (χ0n) is 8.12. The van der Waals surface area contributed by atoms with Crippen molar-refractivity contribution in [1.29, 1.82) is 0 Å². The lowest BCUT2D eigenvalue weighted by molar-refractivity contribution is -0.137. The van der Waals surface area contributed by atoms with E-state index in [1.165, 1.54) is 0 Å². The van der Waals surface area contributed by atoms with Crippen LogP contribution in [0, 0.1) is 0 Å². The molecule has 3 nitrogen and oxygen atoms in total. The van der Waals surface area contributed by atoms with Crippen LogP contribution in [0.15, 0.2) is 30.3 Å². The molecule has 1 N–H and O–H groups in total. The van der Waals surface area contributed by atoms with Gasteiger partial charge in [-0.05, 0) is 5.56 Å². The summed E-state index contributed by atoms with van der Waals surface area (Å²) in [7, 11) is 0. The summed E-state index contributed by atoms with van der Waals surface area (Å²) >= 11 is 0. The number of ketones is 1. The van der Waals surface area contributed by atoms with Crippen LogP contribution in [0.4, 0.5) is 0 Å². The number of rotatable bonds is 4. The molecule has 0 aliphatic heterocycles. The maximum atomic E-state index is 11.1. The van der Waals surface area contributed by atoms with Crippen LogP contribution in [0.2, 0.25) is 0 Å². The van der Waals surface area contributed by atoms with Crippen LogP contribution in [-0.2, 0) is 16.1 Å². The summed E-state index contributed by atoms with van der Waals surface area (Å²) in [6, 6.07) is 9.49. The number of Topliss-reactive ketones (excluding diaryl/α,β-unsaturated/α-hetero) is 1. The zero-order valence-corrected chi connectivity index (χ0v) is 8.12. The average Bonchev–Trinajstić information content (AvgIpc) is 2.26. The van der Waals surface area contributed by atoms with Gasteiger partial charge in [0.05, 0.1) is 0 Å². The fourth-order valence-corrected chi connectivity index (χ4v) is 1.04. The van der Waals surface area contributed by atoms with E-state index in [1.54, 1.807) is 6.92 Å². The molecule has 1 rings (SSSR count). The largest absolute Gasteiger partial charge is 0.345 e. The lowest BCUT2D eigenvalue weighted by atomic mass is 10.2. The number of benzene rings is 1. The summed E-state index contributed by atoms with van der Waals surface area (Å²) in [6.07, 6.45) is 0.251. The Kier molecular flexibility index (Phi) is 3.85. The van der Waals surface area contributed by atoms with E-state index in [0.29, 0.717) is 6.54 Å². The van der Waals surface area contributed by atoms with Gasteiger partial charge in [0.15, 0.2) is 0 Å². The highest BCUT2D eigenvalue weighted by atomic mass is 16.2. The predicted octanol–water partition coefficient (Wildman–Crippen LogP) is 1.28. The first-order chi connectivity index (χ1) is 6.74. The van der Waals surface area contributed by atoms with Crippen LogP contribution in [0.3, 0.4) is 0 Å². The highest BCUT2D eigenvalue weighted by molar-refractivity contribution is 6.35. The van der Waals surface area contributed by atoms with Gasteiger partial charge in [-0.25, -0.2) is 0 Å². The molecule has 0 unspecified atom stereocenters. The fourth-order valence-electron chi connectivity index (χ4n) is 1.04.